The maximum absolute atomic E-state index is 12.0. The first kappa shape index (κ1) is 14.5. The van der Waals surface area contributed by atoms with Crippen LogP contribution in [0.15, 0.2) is 30.3 Å². The Bertz CT molecular complexity index is 462. The topological polar surface area (TPSA) is 35.6 Å². The van der Waals surface area contributed by atoms with Gasteiger partial charge in [-0.15, -0.1) is 0 Å². The van der Waals surface area contributed by atoms with Crippen LogP contribution in [0.5, 0.6) is 0 Å². The molecule has 0 spiro atoms. The van der Waals surface area contributed by atoms with Crippen LogP contribution in [0.1, 0.15) is 18.4 Å². The first-order valence-electron chi connectivity index (χ1n) is 8.08. The highest BCUT2D eigenvalue weighted by molar-refractivity contribution is 5.78. The first-order chi connectivity index (χ1) is 10.3. The lowest BCUT2D eigenvalue weighted by Crippen LogP contribution is -2.52. The Morgan fingerprint density at radius 3 is 2.90 bits per heavy atom. The largest absolute Gasteiger partial charge is 0.355 e. The zero-order valence-corrected chi connectivity index (χ0v) is 12.6. The number of fused-ring (bicyclic) bond motifs is 1. The van der Waals surface area contributed by atoms with Gasteiger partial charge in [0.2, 0.25) is 5.91 Å². The second kappa shape index (κ2) is 7.05. The molecule has 0 bridgehead atoms. The average Bonchev–Trinajstić information content (AvgIpc) is 2.96. The molecule has 4 heteroatoms. The highest BCUT2D eigenvalue weighted by Crippen LogP contribution is 2.21. The summed E-state index contributed by atoms with van der Waals surface area (Å²) in [6, 6.07) is 11.0. The molecule has 114 valence electrons. The number of hydrogen-bond donors (Lipinski definition) is 1. The lowest BCUT2D eigenvalue weighted by atomic mass is 10.1. The van der Waals surface area contributed by atoms with Crippen LogP contribution in [-0.4, -0.2) is 61.0 Å². The van der Waals surface area contributed by atoms with Crippen molar-refractivity contribution >= 4 is 5.91 Å². The van der Waals surface area contributed by atoms with Crippen molar-refractivity contribution in [2.45, 2.75) is 25.3 Å². The van der Waals surface area contributed by atoms with E-state index in [-0.39, 0.29) is 5.91 Å². The van der Waals surface area contributed by atoms with Gasteiger partial charge in [0.05, 0.1) is 6.54 Å². The normalized spacial score (nSPS) is 23.0. The molecule has 0 aromatic heterocycles. The predicted molar refractivity (Wildman–Crippen MR) is 84.2 cm³/mol. The van der Waals surface area contributed by atoms with Crippen LogP contribution >= 0.6 is 0 Å². The van der Waals surface area contributed by atoms with Gasteiger partial charge in [0.15, 0.2) is 0 Å². The van der Waals surface area contributed by atoms with Gasteiger partial charge < -0.3 is 5.32 Å². The zero-order chi connectivity index (χ0) is 14.5. The summed E-state index contributed by atoms with van der Waals surface area (Å²) in [6.45, 7) is 5.75. The van der Waals surface area contributed by atoms with Crippen LogP contribution in [0.4, 0.5) is 0 Å². The van der Waals surface area contributed by atoms with Crippen LogP contribution in [0.3, 0.4) is 0 Å². The summed E-state index contributed by atoms with van der Waals surface area (Å²) in [5, 5.41) is 3.04. The molecule has 1 unspecified atom stereocenters. The van der Waals surface area contributed by atoms with Crippen molar-refractivity contribution in [3.05, 3.63) is 35.9 Å². The van der Waals surface area contributed by atoms with Gasteiger partial charge in [-0.3, -0.25) is 14.6 Å². The van der Waals surface area contributed by atoms with E-state index < -0.39 is 0 Å². The fourth-order valence-electron chi connectivity index (χ4n) is 3.45. The number of piperazine rings is 1. The molecule has 2 aliphatic rings. The van der Waals surface area contributed by atoms with E-state index >= 15 is 0 Å². The third-order valence-corrected chi connectivity index (χ3v) is 4.62. The Balaban J connectivity index is 1.36. The van der Waals surface area contributed by atoms with Gasteiger partial charge in [-0.05, 0) is 31.4 Å². The maximum Gasteiger partial charge on any atom is 0.234 e. The van der Waals surface area contributed by atoms with Gasteiger partial charge in [-0.1, -0.05) is 30.3 Å². The maximum atomic E-state index is 12.0. The summed E-state index contributed by atoms with van der Waals surface area (Å²) in [5.74, 6) is 0.164. The van der Waals surface area contributed by atoms with E-state index in [0.717, 1.165) is 32.6 Å². The summed E-state index contributed by atoms with van der Waals surface area (Å²) >= 11 is 0. The fourth-order valence-corrected chi connectivity index (χ4v) is 3.45. The SMILES string of the molecule is O=C(CN1CCN2CCCC2C1)NCCc1ccccc1. The van der Waals surface area contributed by atoms with Gasteiger partial charge in [-0.2, -0.15) is 0 Å². The molecule has 1 aromatic carbocycles. The highest BCUT2D eigenvalue weighted by atomic mass is 16.2. The van der Waals surface area contributed by atoms with Crippen LogP contribution < -0.4 is 5.32 Å². The Morgan fingerprint density at radius 2 is 2.05 bits per heavy atom. The molecule has 3 rings (SSSR count). The van der Waals surface area contributed by atoms with Gasteiger partial charge in [-0.25, -0.2) is 0 Å². The molecular weight excluding hydrogens is 262 g/mol. The Kier molecular flexibility index (Phi) is 4.88. The monoisotopic (exact) mass is 287 g/mol. The third kappa shape index (κ3) is 4.05. The molecule has 0 radical (unpaired) electrons. The first-order valence-corrected chi connectivity index (χ1v) is 8.08. The van der Waals surface area contributed by atoms with E-state index in [1.807, 2.05) is 18.2 Å². The summed E-state index contributed by atoms with van der Waals surface area (Å²) in [4.78, 5) is 16.9. The van der Waals surface area contributed by atoms with Gasteiger partial charge >= 0.3 is 0 Å². The highest BCUT2D eigenvalue weighted by Gasteiger charge is 2.30. The lowest BCUT2D eigenvalue weighted by Gasteiger charge is -2.37. The minimum atomic E-state index is 0.164. The van der Waals surface area contributed by atoms with Gasteiger partial charge in [0.25, 0.3) is 0 Å². The molecule has 2 heterocycles. The summed E-state index contributed by atoms with van der Waals surface area (Å²) in [7, 11) is 0. The van der Waals surface area contributed by atoms with Crippen molar-refractivity contribution in [3.63, 3.8) is 0 Å². The molecule has 1 N–H and O–H groups in total. The molecule has 1 aromatic rings. The van der Waals surface area contributed by atoms with E-state index in [9.17, 15) is 4.79 Å². The quantitative estimate of drug-likeness (QED) is 0.882. The molecule has 2 saturated heterocycles. The van der Waals surface area contributed by atoms with Gasteiger partial charge in [0, 0.05) is 32.2 Å². The summed E-state index contributed by atoms with van der Waals surface area (Å²) in [5.41, 5.74) is 1.28. The Morgan fingerprint density at radius 1 is 1.19 bits per heavy atom. The average molecular weight is 287 g/mol. The van der Waals surface area contributed by atoms with Crippen molar-refractivity contribution in [3.8, 4) is 0 Å². The van der Waals surface area contributed by atoms with Crippen molar-refractivity contribution in [2.24, 2.45) is 0 Å². The van der Waals surface area contributed by atoms with E-state index in [1.54, 1.807) is 0 Å². The molecule has 4 nitrogen and oxygen atoms in total. The molecule has 0 saturated carbocycles. The molecule has 1 amide bonds. The molecule has 1 atom stereocenters. The number of hydrogen-bond acceptors (Lipinski definition) is 3. The van der Waals surface area contributed by atoms with Gasteiger partial charge in [0.1, 0.15) is 0 Å². The minimum Gasteiger partial charge on any atom is -0.355 e. The Labute approximate surface area is 127 Å². The van der Waals surface area contributed by atoms with Crippen molar-refractivity contribution in [1.29, 1.82) is 0 Å². The van der Waals surface area contributed by atoms with Crippen LogP contribution in [0.2, 0.25) is 0 Å². The predicted octanol–water partition coefficient (Wildman–Crippen LogP) is 1.13. The van der Waals surface area contributed by atoms with Crippen LogP contribution in [0.25, 0.3) is 0 Å². The number of amides is 1. The van der Waals surface area contributed by atoms with Crippen molar-refractivity contribution in [2.75, 3.05) is 39.3 Å². The molecule has 21 heavy (non-hydrogen) atoms. The molecule has 0 aliphatic carbocycles. The van der Waals surface area contributed by atoms with E-state index in [0.29, 0.717) is 12.6 Å². The van der Waals surface area contributed by atoms with E-state index in [1.165, 1.54) is 24.9 Å². The molecule has 2 fully saturated rings. The van der Waals surface area contributed by atoms with E-state index in [2.05, 4.69) is 27.2 Å². The summed E-state index contributed by atoms with van der Waals surface area (Å²) < 4.78 is 0. The summed E-state index contributed by atoms with van der Waals surface area (Å²) in [6.07, 6.45) is 3.52. The number of carbonyl (C=O) groups excluding carboxylic acids is 1. The molecule has 2 aliphatic heterocycles. The number of nitrogens with zero attached hydrogens (tertiary/aromatic N) is 2. The fraction of sp³-hybridized carbons (Fsp3) is 0.588. The standard InChI is InChI=1S/C17H25N3O/c21-17(18-9-8-15-5-2-1-3-6-15)14-19-11-12-20-10-4-7-16(20)13-19/h1-3,5-6,16H,4,7-14H2,(H,18,21). The number of benzene rings is 1. The lowest BCUT2D eigenvalue weighted by molar-refractivity contribution is -0.122. The zero-order valence-electron chi connectivity index (χ0n) is 12.6. The number of rotatable bonds is 5. The smallest absolute Gasteiger partial charge is 0.234 e. The van der Waals surface area contributed by atoms with Crippen molar-refractivity contribution < 1.29 is 4.79 Å². The number of nitrogens with one attached hydrogen (secondary N) is 1. The molecular formula is C17H25N3O. The third-order valence-electron chi connectivity index (χ3n) is 4.62. The number of carbonyl (C=O) groups is 1. The minimum absolute atomic E-state index is 0.164. The Hall–Kier alpha value is -1.39. The van der Waals surface area contributed by atoms with Crippen molar-refractivity contribution in [1.82, 2.24) is 15.1 Å². The second-order valence-corrected chi connectivity index (χ2v) is 6.15. The van der Waals surface area contributed by atoms with E-state index in [4.69, 9.17) is 0 Å². The van der Waals surface area contributed by atoms with Crippen LogP contribution in [0, 0.1) is 0 Å². The second-order valence-electron chi connectivity index (χ2n) is 6.15. The van der Waals surface area contributed by atoms with Crippen LogP contribution in [-0.2, 0) is 11.2 Å².